The van der Waals surface area contributed by atoms with Crippen molar-refractivity contribution in [3.8, 4) is 5.75 Å². The van der Waals surface area contributed by atoms with Gasteiger partial charge in [-0.25, -0.2) is 0 Å². The number of nitrogens with zero attached hydrogens (tertiary/aromatic N) is 1. The molecule has 0 fully saturated rings. The maximum absolute atomic E-state index is 12.3. The molecule has 0 atom stereocenters. The van der Waals surface area contributed by atoms with Crippen LogP contribution in [0.1, 0.15) is 15.9 Å². The number of nitro benzene ring substituents is 1. The Labute approximate surface area is 116 Å². The summed E-state index contributed by atoms with van der Waals surface area (Å²) >= 11 is 0. The number of nitro groups is 1. The van der Waals surface area contributed by atoms with Crippen LogP contribution in [0.2, 0.25) is 0 Å². The van der Waals surface area contributed by atoms with Crippen molar-refractivity contribution in [2.45, 2.75) is 6.42 Å². The fourth-order valence-electron chi connectivity index (χ4n) is 1.98. The molecule has 0 spiro atoms. The maximum Gasteiger partial charge on any atom is 0.273 e. The molecule has 0 radical (unpaired) electrons. The molecule has 0 saturated heterocycles. The van der Waals surface area contributed by atoms with E-state index in [4.69, 9.17) is 4.74 Å². The van der Waals surface area contributed by atoms with Gasteiger partial charge in [0.2, 0.25) is 0 Å². The molecule has 0 aromatic heterocycles. The minimum atomic E-state index is -0.481. The lowest BCUT2D eigenvalue weighted by molar-refractivity contribution is -0.385. The molecule has 20 heavy (non-hydrogen) atoms. The Bertz CT molecular complexity index is 652. The minimum Gasteiger partial charge on any atom is -0.496 e. The molecule has 0 heterocycles. The van der Waals surface area contributed by atoms with Gasteiger partial charge < -0.3 is 4.74 Å². The number of carbonyl (C=O) groups excluding carboxylic acids is 1. The number of ketones is 1. The van der Waals surface area contributed by atoms with Gasteiger partial charge in [-0.3, -0.25) is 14.9 Å². The molecular formula is C15H13NO4. The zero-order chi connectivity index (χ0) is 14.5. The molecule has 2 aromatic carbocycles. The number of para-hydroxylation sites is 2. The molecule has 0 saturated carbocycles. The molecular weight excluding hydrogens is 258 g/mol. The van der Waals surface area contributed by atoms with Crippen LogP contribution in [0.3, 0.4) is 0 Å². The van der Waals surface area contributed by atoms with E-state index in [2.05, 4.69) is 0 Å². The molecule has 102 valence electrons. The van der Waals surface area contributed by atoms with Crippen LogP contribution in [0.5, 0.6) is 5.75 Å². The fraction of sp³-hybridized carbons (Fsp3) is 0.133. The highest BCUT2D eigenvalue weighted by molar-refractivity contribution is 6.00. The van der Waals surface area contributed by atoms with Crippen LogP contribution in [-0.2, 0) is 6.42 Å². The van der Waals surface area contributed by atoms with E-state index in [1.807, 2.05) is 0 Å². The van der Waals surface area contributed by atoms with Gasteiger partial charge in [-0.05, 0) is 12.1 Å². The Kier molecular flexibility index (Phi) is 4.10. The Hall–Kier alpha value is -2.69. The monoisotopic (exact) mass is 271 g/mol. The van der Waals surface area contributed by atoms with E-state index in [0.29, 0.717) is 16.9 Å². The van der Waals surface area contributed by atoms with E-state index >= 15 is 0 Å². The smallest absolute Gasteiger partial charge is 0.273 e. The van der Waals surface area contributed by atoms with Crippen molar-refractivity contribution in [2.24, 2.45) is 0 Å². The Morgan fingerprint density at radius 1 is 1.15 bits per heavy atom. The van der Waals surface area contributed by atoms with E-state index in [0.717, 1.165) is 0 Å². The van der Waals surface area contributed by atoms with Crippen LogP contribution in [0, 0.1) is 10.1 Å². The quantitative estimate of drug-likeness (QED) is 0.476. The van der Waals surface area contributed by atoms with E-state index in [-0.39, 0.29) is 17.9 Å². The largest absolute Gasteiger partial charge is 0.496 e. The number of methoxy groups -OCH3 is 1. The first-order chi connectivity index (χ1) is 9.63. The molecule has 0 amide bonds. The average Bonchev–Trinajstić information content (AvgIpc) is 2.47. The first-order valence-corrected chi connectivity index (χ1v) is 6.02. The lowest BCUT2D eigenvalue weighted by atomic mass is 10.0. The van der Waals surface area contributed by atoms with E-state index in [9.17, 15) is 14.9 Å². The highest BCUT2D eigenvalue weighted by Crippen LogP contribution is 2.23. The van der Waals surface area contributed by atoms with E-state index in [1.165, 1.54) is 13.2 Å². The lowest BCUT2D eigenvalue weighted by Gasteiger charge is -2.07. The average molecular weight is 271 g/mol. The summed E-state index contributed by atoms with van der Waals surface area (Å²) in [7, 11) is 1.48. The van der Waals surface area contributed by atoms with Crippen LogP contribution < -0.4 is 4.74 Å². The predicted molar refractivity (Wildman–Crippen MR) is 74.1 cm³/mol. The second kappa shape index (κ2) is 5.97. The van der Waals surface area contributed by atoms with Gasteiger partial charge in [-0.15, -0.1) is 0 Å². The third kappa shape index (κ3) is 2.83. The van der Waals surface area contributed by atoms with Crippen LogP contribution in [0.25, 0.3) is 0 Å². The SMILES string of the molecule is COc1ccccc1C(=O)Cc1ccccc1[N+](=O)[O-]. The van der Waals surface area contributed by atoms with Gasteiger partial charge in [-0.2, -0.15) is 0 Å². The second-order valence-corrected chi connectivity index (χ2v) is 4.19. The number of carbonyl (C=O) groups is 1. The molecule has 0 aliphatic carbocycles. The van der Waals surface area contributed by atoms with Crippen molar-refractivity contribution in [1.29, 1.82) is 0 Å². The first-order valence-electron chi connectivity index (χ1n) is 6.02. The Morgan fingerprint density at radius 2 is 1.80 bits per heavy atom. The maximum atomic E-state index is 12.3. The molecule has 5 heteroatoms. The predicted octanol–water partition coefficient (Wildman–Crippen LogP) is 3.03. The molecule has 2 rings (SSSR count). The molecule has 0 bridgehead atoms. The van der Waals surface area contributed by atoms with Crippen LogP contribution >= 0.6 is 0 Å². The number of benzene rings is 2. The number of Topliss-reactive ketones (excluding diaryl/α,β-unsaturated/α-hetero) is 1. The number of hydrogen-bond acceptors (Lipinski definition) is 4. The van der Waals surface area contributed by atoms with Crippen LogP contribution in [0.15, 0.2) is 48.5 Å². The third-order valence-electron chi connectivity index (χ3n) is 2.95. The van der Waals surface area contributed by atoms with Gasteiger partial charge in [0.1, 0.15) is 5.75 Å². The minimum absolute atomic E-state index is 0.0302. The van der Waals surface area contributed by atoms with Crippen molar-refractivity contribution >= 4 is 11.5 Å². The van der Waals surface area contributed by atoms with Crippen molar-refractivity contribution in [1.82, 2.24) is 0 Å². The Balaban J connectivity index is 2.31. The highest BCUT2D eigenvalue weighted by Gasteiger charge is 2.18. The molecule has 0 aliphatic rings. The van der Waals surface area contributed by atoms with Crippen LogP contribution in [-0.4, -0.2) is 17.8 Å². The molecule has 5 nitrogen and oxygen atoms in total. The summed E-state index contributed by atoms with van der Waals surface area (Å²) in [4.78, 5) is 22.7. The van der Waals surface area contributed by atoms with Gasteiger partial charge in [0.25, 0.3) is 5.69 Å². The first kappa shape index (κ1) is 13.7. The highest BCUT2D eigenvalue weighted by atomic mass is 16.6. The molecule has 0 N–H and O–H groups in total. The number of rotatable bonds is 5. The van der Waals surface area contributed by atoms with Gasteiger partial charge in [-0.1, -0.05) is 30.3 Å². The second-order valence-electron chi connectivity index (χ2n) is 4.19. The van der Waals surface area contributed by atoms with E-state index < -0.39 is 4.92 Å². The molecule has 2 aromatic rings. The zero-order valence-electron chi connectivity index (χ0n) is 10.9. The standard InChI is InChI=1S/C15H13NO4/c1-20-15-9-5-3-7-12(15)14(17)10-11-6-2-4-8-13(11)16(18)19/h2-9H,10H2,1H3. The van der Waals surface area contributed by atoms with Gasteiger partial charge >= 0.3 is 0 Å². The normalized spacial score (nSPS) is 10.1. The summed E-state index contributed by atoms with van der Waals surface area (Å²) in [5, 5.41) is 10.9. The van der Waals surface area contributed by atoms with E-state index in [1.54, 1.807) is 42.5 Å². The van der Waals surface area contributed by atoms with Crippen LogP contribution in [0.4, 0.5) is 5.69 Å². The lowest BCUT2D eigenvalue weighted by Crippen LogP contribution is -2.07. The summed E-state index contributed by atoms with van der Waals surface area (Å²) in [5.74, 6) is 0.257. The van der Waals surface area contributed by atoms with Gasteiger partial charge in [0, 0.05) is 18.1 Å². The summed E-state index contributed by atoms with van der Waals surface area (Å²) < 4.78 is 5.13. The zero-order valence-corrected chi connectivity index (χ0v) is 10.9. The number of hydrogen-bond donors (Lipinski definition) is 0. The van der Waals surface area contributed by atoms with Crippen molar-refractivity contribution < 1.29 is 14.5 Å². The van der Waals surface area contributed by atoms with Crippen molar-refractivity contribution in [3.63, 3.8) is 0 Å². The molecule has 0 aliphatic heterocycles. The summed E-state index contributed by atoms with van der Waals surface area (Å²) in [5.41, 5.74) is 0.775. The summed E-state index contributed by atoms with van der Waals surface area (Å²) in [6, 6.07) is 13.1. The van der Waals surface area contributed by atoms with Crippen molar-refractivity contribution in [3.05, 3.63) is 69.8 Å². The topological polar surface area (TPSA) is 69.4 Å². The summed E-state index contributed by atoms with van der Waals surface area (Å²) in [6.45, 7) is 0. The third-order valence-corrected chi connectivity index (χ3v) is 2.95. The van der Waals surface area contributed by atoms with Gasteiger partial charge in [0.05, 0.1) is 17.6 Å². The molecule has 0 unspecified atom stereocenters. The Morgan fingerprint density at radius 3 is 2.50 bits per heavy atom. The van der Waals surface area contributed by atoms with Crippen molar-refractivity contribution in [2.75, 3.05) is 7.11 Å². The summed E-state index contributed by atoms with van der Waals surface area (Å²) in [6.07, 6.45) is -0.0302. The van der Waals surface area contributed by atoms with Gasteiger partial charge in [0.15, 0.2) is 5.78 Å². The number of ether oxygens (including phenoxy) is 1. The fourth-order valence-corrected chi connectivity index (χ4v) is 1.98.